The Kier molecular flexibility index (Phi) is 3.06. The van der Waals surface area contributed by atoms with Crippen LogP contribution in [0.3, 0.4) is 0 Å². The van der Waals surface area contributed by atoms with Crippen molar-refractivity contribution in [3.8, 4) is 0 Å². The Morgan fingerprint density at radius 1 is 1.18 bits per heavy atom. The van der Waals surface area contributed by atoms with Crippen LogP contribution in [0, 0.1) is 4.64 Å². The van der Waals surface area contributed by atoms with Gasteiger partial charge in [0.1, 0.15) is 10.3 Å². The maximum atomic E-state index is 12.4. The molecule has 17 heavy (non-hydrogen) atoms. The van der Waals surface area contributed by atoms with Crippen molar-refractivity contribution in [3.63, 3.8) is 0 Å². The van der Waals surface area contributed by atoms with Gasteiger partial charge in [-0.1, -0.05) is 42.5 Å². The van der Waals surface area contributed by atoms with Crippen LogP contribution in [0.2, 0.25) is 0 Å². The highest BCUT2D eigenvalue weighted by atomic mass is 32.1. The van der Waals surface area contributed by atoms with Gasteiger partial charge in [0.25, 0.3) is 0 Å². The molecule has 90 valence electrons. The highest BCUT2D eigenvalue weighted by molar-refractivity contribution is 7.71. The molecule has 0 aliphatic heterocycles. The number of aromatic nitrogens is 2. The van der Waals surface area contributed by atoms with Gasteiger partial charge in [-0.3, -0.25) is 9.78 Å². The van der Waals surface area contributed by atoms with Crippen molar-refractivity contribution in [2.75, 3.05) is 0 Å². The average Bonchev–Trinajstić information content (AvgIpc) is 2.62. The van der Waals surface area contributed by atoms with E-state index in [-0.39, 0.29) is 4.64 Å². The van der Waals surface area contributed by atoms with E-state index >= 15 is 0 Å². The van der Waals surface area contributed by atoms with Crippen LogP contribution < -0.4 is 0 Å². The Morgan fingerprint density at radius 3 is 2.35 bits per heavy atom. The summed E-state index contributed by atoms with van der Waals surface area (Å²) in [4.78, 5) is 0. The fourth-order valence-corrected chi connectivity index (χ4v) is 1.69. The number of hydrogen-bond acceptors (Lipinski definition) is 1. The van der Waals surface area contributed by atoms with Crippen LogP contribution in [0.15, 0.2) is 36.4 Å². The van der Waals surface area contributed by atoms with Crippen molar-refractivity contribution >= 4 is 12.2 Å². The monoisotopic (exact) mass is 258 g/mol. The number of H-pyrrole nitrogens is 1. The molecule has 0 spiro atoms. The Bertz CT molecular complexity index is 554. The van der Waals surface area contributed by atoms with Crippen molar-refractivity contribution in [1.82, 2.24) is 9.78 Å². The first-order valence-corrected chi connectivity index (χ1v) is 5.28. The SMILES string of the molecule is FC(F)(F)c1cc(=S)n(Cc2ccccc2)[nH]1. The van der Waals surface area contributed by atoms with Crippen molar-refractivity contribution in [2.24, 2.45) is 0 Å². The zero-order valence-corrected chi connectivity index (χ0v) is 9.48. The van der Waals surface area contributed by atoms with Gasteiger partial charge >= 0.3 is 6.18 Å². The summed E-state index contributed by atoms with van der Waals surface area (Å²) in [5.41, 5.74) is 0.0672. The summed E-state index contributed by atoms with van der Waals surface area (Å²) < 4.78 is 38.7. The molecule has 1 aromatic carbocycles. The van der Waals surface area contributed by atoms with E-state index in [0.717, 1.165) is 11.6 Å². The average molecular weight is 258 g/mol. The molecule has 0 unspecified atom stereocenters. The lowest BCUT2D eigenvalue weighted by Crippen LogP contribution is -2.08. The number of aromatic amines is 1. The molecule has 1 heterocycles. The van der Waals surface area contributed by atoms with Gasteiger partial charge in [-0.2, -0.15) is 13.2 Å². The van der Waals surface area contributed by atoms with Gasteiger partial charge < -0.3 is 0 Å². The smallest absolute Gasteiger partial charge is 0.293 e. The second-order valence-electron chi connectivity index (χ2n) is 3.58. The number of hydrogen-bond donors (Lipinski definition) is 1. The first kappa shape index (κ1) is 11.9. The predicted molar refractivity (Wildman–Crippen MR) is 60.2 cm³/mol. The van der Waals surface area contributed by atoms with Crippen LogP contribution in [0.25, 0.3) is 0 Å². The van der Waals surface area contributed by atoms with Gasteiger partial charge in [-0.25, -0.2) is 0 Å². The second kappa shape index (κ2) is 4.37. The van der Waals surface area contributed by atoms with Gasteiger partial charge in [0.05, 0.1) is 6.54 Å². The fraction of sp³-hybridized carbons (Fsp3) is 0.182. The molecule has 6 heteroatoms. The number of nitrogens with one attached hydrogen (secondary N) is 1. The van der Waals surface area contributed by atoms with Crippen LogP contribution in [0.5, 0.6) is 0 Å². The van der Waals surface area contributed by atoms with Gasteiger partial charge in [-0.05, 0) is 5.56 Å². The van der Waals surface area contributed by atoms with E-state index in [4.69, 9.17) is 12.2 Å². The minimum Gasteiger partial charge on any atom is -0.293 e. The van der Waals surface area contributed by atoms with Crippen molar-refractivity contribution in [2.45, 2.75) is 12.7 Å². The predicted octanol–water partition coefficient (Wildman–Crippen LogP) is 3.61. The number of benzene rings is 1. The van der Waals surface area contributed by atoms with E-state index in [1.807, 2.05) is 30.3 Å². The number of rotatable bonds is 2. The molecular weight excluding hydrogens is 249 g/mol. The number of nitrogens with zero attached hydrogens (tertiary/aromatic N) is 1. The molecule has 0 aliphatic rings. The molecule has 0 fully saturated rings. The number of halogens is 3. The van der Waals surface area contributed by atoms with Gasteiger partial charge in [0, 0.05) is 6.07 Å². The third-order valence-corrected chi connectivity index (χ3v) is 2.62. The summed E-state index contributed by atoms with van der Waals surface area (Å²) in [5, 5.41) is 2.26. The van der Waals surface area contributed by atoms with E-state index in [2.05, 4.69) is 5.10 Å². The highest BCUT2D eigenvalue weighted by Gasteiger charge is 2.32. The molecular formula is C11H9F3N2S. The molecule has 0 radical (unpaired) electrons. The van der Waals surface area contributed by atoms with Gasteiger partial charge in [0.15, 0.2) is 0 Å². The Hall–Kier alpha value is -1.56. The summed E-state index contributed by atoms with van der Waals surface area (Å²) in [6.45, 7) is 0.301. The highest BCUT2D eigenvalue weighted by Crippen LogP contribution is 2.27. The lowest BCUT2D eigenvalue weighted by Gasteiger charge is -2.05. The Morgan fingerprint density at radius 2 is 1.82 bits per heavy atom. The maximum absolute atomic E-state index is 12.4. The standard InChI is InChI=1S/C11H9F3N2S/c12-11(13,14)9-6-10(17)16(15-9)7-8-4-2-1-3-5-8/h1-6,15H,7H2. The van der Waals surface area contributed by atoms with Crippen molar-refractivity contribution in [1.29, 1.82) is 0 Å². The molecule has 0 atom stereocenters. The molecule has 2 rings (SSSR count). The molecule has 0 saturated heterocycles. The van der Waals surface area contributed by atoms with Crippen LogP contribution in [-0.2, 0) is 12.7 Å². The van der Waals surface area contributed by atoms with Crippen molar-refractivity contribution in [3.05, 3.63) is 52.3 Å². The number of alkyl halides is 3. The lowest BCUT2D eigenvalue weighted by atomic mass is 10.2. The van der Waals surface area contributed by atoms with E-state index in [1.165, 1.54) is 4.68 Å². The first-order chi connectivity index (χ1) is 7.97. The molecule has 0 bridgehead atoms. The first-order valence-electron chi connectivity index (χ1n) is 4.88. The summed E-state index contributed by atoms with van der Waals surface area (Å²) in [7, 11) is 0. The van der Waals surface area contributed by atoms with Crippen molar-refractivity contribution < 1.29 is 13.2 Å². The van der Waals surface area contributed by atoms with E-state index in [1.54, 1.807) is 0 Å². The largest absolute Gasteiger partial charge is 0.432 e. The Labute approximate surface area is 101 Å². The summed E-state index contributed by atoms with van der Waals surface area (Å²) >= 11 is 4.87. The second-order valence-corrected chi connectivity index (χ2v) is 4.00. The van der Waals surface area contributed by atoms with E-state index in [9.17, 15) is 13.2 Å². The summed E-state index contributed by atoms with van der Waals surface area (Å²) in [6.07, 6.45) is -4.39. The zero-order chi connectivity index (χ0) is 12.5. The van der Waals surface area contributed by atoms with Gasteiger partial charge in [-0.15, -0.1) is 0 Å². The van der Waals surface area contributed by atoms with E-state index < -0.39 is 11.9 Å². The normalized spacial score (nSPS) is 11.7. The summed E-state index contributed by atoms with van der Waals surface area (Å²) in [6, 6.07) is 10.1. The molecule has 0 saturated carbocycles. The fourth-order valence-electron chi connectivity index (χ4n) is 1.46. The van der Waals surface area contributed by atoms with Crippen LogP contribution in [-0.4, -0.2) is 9.78 Å². The molecule has 1 aromatic heterocycles. The molecule has 0 amide bonds. The third-order valence-electron chi connectivity index (χ3n) is 2.28. The molecule has 2 aromatic rings. The lowest BCUT2D eigenvalue weighted by molar-refractivity contribution is -0.141. The minimum atomic E-state index is -4.39. The van der Waals surface area contributed by atoms with Crippen LogP contribution in [0.1, 0.15) is 11.3 Å². The third kappa shape index (κ3) is 2.76. The Balaban J connectivity index is 2.29. The molecule has 1 N–H and O–H groups in total. The summed E-state index contributed by atoms with van der Waals surface area (Å²) in [5.74, 6) is 0. The molecule has 0 aliphatic carbocycles. The topological polar surface area (TPSA) is 20.7 Å². The quantitative estimate of drug-likeness (QED) is 0.816. The molecule has 2 nitrogen and oxygen atoms in total. The maximum Gasteiger partial charge on any atom is 0.432 e. The van der Waals surface area contributed by atoms with E-state index in [0.29, 0.717) is 6.54 Å². The van der Waals surface area contributed by atoms with Crippen LogP contribution >= 0.6 is 12.2 Å². The zero-order valence-electron chi connectivity index (χ0n) is 8.66. The minimum absolute atomic E-state index is 0.140. The van der Waals surface area contributed by atoms with Crippen LogP contribution in [0.4, 0.5) is 13.2 Å². The van der Waals surface area contributed by atoms with Gasteiger partial charge in [0.2, 0.25) is 0 Å².